The third kappa shape index (κ3) is 4.95. The van der Waals surface area contributed by atoms with E-state index in [1.54, 1.807) is 25.1 Å². The van der Waals surface area contributed by atoms with Crippen molar-refractivity contribution >= 4 is 48.9 Å². The van der Waals surface area contributed by atoms with Crippen LogP contribution in [0.15, 0.2) is 52.4 Å². The van der Waals surface area contributed by atoms with Crippen LogP contribution in [0.3, 0.4) is 0 Å². The smallest absolute Gasteiger partial charge is 0.279 e. The van der Waals surface area contributed by atoms with E-state index >= 15 is 0 Å². The molecule has 0 saturated carbocycles. The number of hydrogen-bond donors (Lipinski definition) is 0. The van der Waals surface area contributed by atoms with Crippen molar-refractivity contribution in [3.8, 4) is 0 Å². The highest BCUT2D eigenvalue weighted by Crippen LogP contribution is 2.22. The van der Waals surface area contributed by atoms with Crippen LogP contribution in [0.5, 0.6) is 0 Å². The molecule has 1 heterocycles. The minimum Gasteiger partial charge on any atom is -0.380 e. The fourth-order valence-corrected chi connectivity index (χ4v) is 5.05. The average molecular weight is 453 g/mol. The van der Waals surface area contributed by atoms with Crippen LogP contribution in [0.2, 0.25) is 5.02 Å². The minimum absolute atomic E-state index is 0.0315. The number of thiazole rings is 1. The topological polar surface area (TPSA) is 77.7 Å². The molecule has 154 valence electrons. The summed E-state index contributed by atoms with van der Waals surface area (Å²) in [4.78, 5) is 17.7. The predicted octanol–water partition coefficient (Wildman–Crippen LogP) is 3.93. The van der Waals surface area contributed by atoms with E-state index in [2.05, 4.69) is 4.99 Å². The third-order valence-corrected chi connectivity index (χ3v) is 7.33. The van der Waals surface area contributed by atoms with E-state index in [0.717, 1.165) is 10.2 Å². The molecule has 9 heteroatoms. The quantitative estimate of drug-likeness (QED) is 0.509. The van der Waals surface area contributed by atoms with Gasteiger partial charge in [0.25, 0.3) is 5.91 Å². The lowest BCUT2D eigenvalue weighted by Crippen LogP contribution is -2.19. The second kappa shape index (κ2) is 9.21. The van der Waals surface area contributed by atoms with Crippen LogP contribution < -0.4 is 4.80 Å². The highest BCUT2D eigenvalue weighted by Gasteiger charge is 2.15. The Morgan fingerprint density at radius 2 is 2.00 bits per heavy atom. The predicted molar refractivity (Wildman–Crippen MR) is 115 cm³/mol. The summed E-state index contributed by atoms with van der Waals surface area (Å²) < 4.78 is 32.5. The number of amides is 1. The molecule has 0 spiro atoms. The van der Waals surface area contributed by atoms with E-state index < -0.39 is 15.7 Å². The Morgan fingerprint density at radius 3 is 2.72 bits per heavy atom. The van der Waals surface area contributed by atoms with Crippen molar-refractivity contribution in [3.63, 3.8) is 0 Å². The molecule has 3 rings (SSSR count). The van der Waals surface area contributed by atoms with Crippen LogP contribution in [0.25, 0.3) is 10.2 Å². The Labute approximate surface area is 178 Å². The van der Waals surface area contributed by atoms with Gasteiger partial charge in [0.2, 0.25) is 0 Å². The number of carbonyl (C=O) groups is 1. The molecule has 0 bridgehead atoms. The van der Waals surface area contributed by atoms with Gasteiger partial charge in [0.1, 0.15) is 0 Å². The monoisotopic (exact) mass is 452 g/mol. The highest BCUT2D eigenvalue weighted by molar-refractivity contribution is 7.91. The van der Waals surface area contributed by atoms with Gasteiger partial charge in [0.05, 0.1) is 27.5 Å². The van der Waals surface area contributed by atoms with Crippen molar-refractivity contribution in [2.24, 2.45) is 4.99 Å². The number of nitrogens with zero attached hydrogens (tertiary/aromatic N) is 2. The molecule has 0 unspecified atom stereocenters. The van der Waals surface area contributed by atoms with E-state index in [4.69, 9.17) is 16.3 Å². The molecule has 0 aliphatic rings. The molecule has 1 amide bonds. The molecule has 3 aromatic rings. The van der Waals surface area contributed by atoms with Crippen LogP contribution in [0.4, 0.5) is 0 Å². The first-order chi connectivity index (χ1) is 13.9. The Morgan fingerprint density at radius 1 is 1.21 bits per heavy atom. The van der Waals surface area contributed by atoms with Crippen molar-refractivity contribution in [2.45, 2.75) is 25.3 Å². The van der Waals surface area contributed by atoms with Gasteiger partial charge in [-0.15, -0.1) is 0 Å². The molecular weight excluding hydrogens is 432 g/mol. The van der Waals surface area contributed by atoms with E-state index in [9.17, 15) is 13.2 Å². The van der Waals surface area contributed by atoms with Crippen molar-refractivity contribution < 1.29 is 17.9 Å². The molecule has 0 aliphatic carbocycles. The lowest BCUT2D eigenvalue weighted by Gasteiger charge is -2.06. The molecular formula is C20H21ClN2O4S2. The molecule has 0 saturated heterocycles. The molecule has 0 fully saturated rings. The number of rotatable bonds is 7. The molecule has 0 radical (unpaired) electrons. The van der Waals surface area contributed by atoms with Gasteiger partial charge < -0.3 is 9.30 Å². The standard InChI is InChI=1S/C20H21ClN2O4S2/c1-3-27-11-10-23-17-9-8-15(21)13-18(17)28-20(23)22-19(24)14-6-5-7-16(12-14)29(25,26)4-2/h5-9,12-13H,3-4,10-11H2,1-2H3. The number of halogens is 1. The summed E-state index contributed by atoms with van der Waals surface area (Å²) in [6.07, 6.45) is 0. The van der Waals surface area contributed by atoms with E-state index in [1.807, 2.05) is 23.6 Å². The van der Waals surface area contributed by atoms with Gasteiger partial charge in [0.15, 0.2) is 14.6 Å². The number of benzene rings is 2. The van der Waals surface area contributed by atoms with Crippen molar-refractivity contribution in [1.82, 2.24) is 4.57 Å². The number of sulfone groups is 1. The number of hydrogen-bond acceptors (Lipinski definition) is 5. The molecule has 0 aliphatic heterocycles. The second-order valence-corrected chi connectivity index (χ2v) is 9.92. The average Bonchev–Trinajstić information content (AvgIpc) is 3.04. The zero-order valence-corrected chi connectivity index (χ0v) is 18.5. The molecule has 0 atom stereocenters. The van der Waals surface area contributed by atoms with Gasteiger partial charge in [-0.05, 0) is 43.3 Å². The summed E-state index contributed by atoms with van der Waals surface area (Å²) >= 11 is 7.45. The normalized spacial score (nSPS) is 12.6. The van der Waals surface area contributed by atoms with E-state index in [-0.39, 0.29) is 16.2 Å². The van der Waals surface area contributed by atoms with E-state index in [0.29, 0.717) is 29.6 Å². The summed E-state index contributed by atoms with van der Waals surface area (Å²) in [5, 5.41) is 0.603. The Kier molecular flexibility index (Phi) is 6.89. The van der Waals surface area contributed by atoms with Crippen LogP contribution in [0, 0.1) is 0 Å². The van der Waals surface area contributed by atoms with Gasteiger partial charge in [-0.3, -0.25) is 4.79 Å². The zero-order valence-electron chi connectivity index (χ0n) is 16.1. The van der Waals surface area contributed by atoms with Crippen molar-refractivity contribution in [2.75, 3.05) is 19.0 Å². The SMILES string of the molecule is CCOCCn1c(=NC(=O)c2cccc(S(=O)(=O)CC)c2)sc2cc(Cl)ccc21. The number of aromatic nitrogens is 1. The maximum Gasteiger partial charge on any atom is 0.279 e. The first-order valence-corrected chi connectivity index (χ1v) is 12.0. The molecule has 0 N–H and O–H groups in total. The number of fused-ring (bicyclic) bond motifs is 1. The van der Waals surface area contributed by atoms with Crippen LogP contribution in [-0.4, -0.2) is 37.9 Å². The van der Waals surface area contributed by atoms with Crippen LogP contribution >= 0.6 is 22.9 Å². The van der Waals surface area contributed by atoms with Gasteiger partial charge in [-0.25, -0.2) is 8.42 Å². The summed E-state index contributed by atoms with van der Waals surface area (Å²) in [7, 11) is -3.40. The second-order valence-electron chi connectivity index (χ2n) is 6.19. The zero-order chi connectivity index (χ0) is 21.0. The molecule has 29 heavy (non-hydrogen) atoms. The van der Waals surface area contributed by atoms with Crippen molar-refractivity contribution in [1.29, 1.82) is 0 Å². The molecule has 1 aromatic heterocycles. The number of ether oxygens (including phenoxy) is 1. The first kappa shape index (κ1) is 21.7. The maximum absolute atomic E-state index is 12.8. The lowest BCUT2D eigenvalue weighted by atomic mass is 10.2. The first-order valence-electron chi connectivity index (χ1n) is 9.14. The fraction of sp³-hybridized carbons (Fsp3) is 0.300. The molecule has 6 nitrogen and oxygen atoms in total. The lowest BCUT2D eigenvalue weighted by molar-refractivity contribution is 0.0996. The Hall–Kier alpha value is -2.00. The summed E-state index contributed by atoms with van der Waals surface area (Å²) in [6.45, 7) is 5.10. The largest absolute Gasteiger partial charge is 0.380 e. The van der Waals surface area contributed by atoms with Gasteiger partial charge in [-0.2, -0.15) is 4.99 Å². The Balaban J connectivity index is 2.06. The minimum atomic E-state index is -3.40. The summed E-state index contributed by atoms with van der Waals surface area (Å²) in [5.41, 5.74) is 1.14. The van der Waals surface area contributed by atoms with Gasteiger partial charge >= 0.3 is 0 Å². The third-order valence-electron chi connectivity index (χ3n) is 4.33. The Bertz CT molecular complexity index is 1210. The van der Waals surface area contributed by atoms with Crippen molar-refractivity contribution in [3.05, 3.63) is 57.9 Å². The van der Waals surface area contributed by atoms with Gasteiger partial charge in [0, 0.05) is 23.7 Å². The number of carbonyl (C=O) groups excluding carboxylic acids is 1. The highest BCUT2D eigenvalue weighted by atomic mass is 35.5. The fourth-order valence-electron chi connectivity index (χ4n) is 2.79. The molecule has 2 aromatic carbocycles. The van der Waals surface area contributed by atoms with Gasteiger partial charge in [-0.1, -0.05) is 35.9 Å². The van der Waals surface area contributed by atoms with Crippen LogP contribution in [0.1, 0.15) is 24.2 Å². The summed E-state index contributed by atoms with van der Waals surface area (Å²) in [6, 6.07) is 11.5. The summed E-state index contributed by atoms with van der Waals surface area (Å²) in [5.74, 6) is -0.531. The maximum atomic E-state index is 12.8. The van der Waals surface area contributed by atoms with E-state index in [1.165, 1.54) is 23.5 Å². The van der Waals surface area contributed by atoms with Crippen LogP contribution in [-0.2, 0) is 21.1 Å².